The summed E-state index contributed by atoms with van der Waals surface area (Å²) in [5.41, 5.74) is 7.40. The maximum Gasteiger partial charge on any atom is 0.419 e. The third kappa shape index (κ3) is 6.04. The van der Waals surface area contributed by atoms with Crippen molar-refractivity contribution in [1.29, 1.82) is 0 Å². The Morgan fingerprint density at radius 2 is 1.80 bits per heavy atom. The van der Waals surface area contributed by atoms with Crippen LogP contribution in [-0.4, -0.2) is 47.4 Å². The number of nitrogens with zero attached hydrogens (tertiary/aromatic N) is 3. The number of carbonyl (C=O) groups excluding carboxylic acids is 2. The molecule has 3 aromatic rings. The molecular weight excluding hydrogens is 518 g/mol. The molecule has 1 aliphatic carbocycles. The van der Waals surface area contributed by atoms with Gasteiger partial charge < -0.3 is 20.7 Å². The normalized spacial score (nSPS) is 17.3. The molecule has 1 aliphatic heterocycles. The number of rotatable bonds is 10. The molecule has 0 atom stereocenters. The van der Waals surface area contributed by atoms with Crippen molar-refractivity contribution in [3.63, 3.8) is 0 Å². The minimum Gasteiger partial charge on any atom is -0.369 e. The highest BCUT2D eigenvalue weighted by Crippen LogP contribution is 2.49. The van der Waals surface area contributed by atoms with Crippen LogP contribution in [0.15, 0.2) is 54.7 Å². The minimum absolute atomic E-state index is 0.0274. The van der Waals surface area contributed by atoms with Crippen molar-refractivity contribution in [2.45, 2.75) is 56.0 Å². The van der Waals surface area contributed by atoms with Gasteiger partial charge in [0, 0.05) is 11.9 Å². The first-order valence-corrected chi connectivity index (χ1v) is 13.5. The summed E-state index contributed by atoms with van der Waals surface area (Å²) in [5, 5.41) is 3.04. The number of primary amides is 1. The number of anilines is 2. The largest absolute Gasteiger partial charge is 0.419 e. The lowest BCUT2D eigenvalue weighted by atomic mass is 9.84. The Kier molecular flexibility index (Phi) is 7.94. The Morgan fingerprint density at radius 3 is 2.42 bits per heavy atom. The first-order chi connectivity index (χ1) is 19.2. The van der Waals surface area contributed by atoms with Crippen LogP contribution in [0, 0.1) is 0 Å². The number of amides is 1. The highest BCUT2D eigenvalue weighted by atomic mass is 19.4. The zero-order valence-electron chi connectivity index (χ0n) is 22.1. The van der Waals surface area contributed by atoms with E-state index in [1.54, 1.807) is 0 Å². The van der Waals surface area contributed by atoms with Crippen LogP contribution in [0.25, 0.3) is 0 Å². The molecule has 1 saturated heterocycles. The van der Waals surface area contributed by atoms with Gasteiger partial charge in [-0.05, 0) is 86.4 Å². The van der Waals surface area contributed by atoms with Crippen LogP contribution in [0.1, 0.15) is 59.5 Å². The summed E-state index contributed by atoms with van der Waals surface area (Å²) in [4.78, 5) is 33.2. The molecule has 2 aliphatic rings. The van der Waals surface area contributed by atoms with Crippen molar-refractivity contribution in [2.75, 3.05) is 18.4 Å². The zero-order valence-corrected chi connectivity index (χ0v) is 22.1. The van der Waals surface area contributed by atoms with Crippen molar-refractivity contribution in [3.8, 4) is 0 Å². The summed E-state index contributed by atoms with van der Waals surface area (Å²) >= 11 is 0. The molecule has 0 unspecified atom stereocenters. The predicted molar refractivity (Wildman–Crippen MR) is 148 cm³/mol. The predicted octanol–water partition coefficient (Wildman–Crippen LogP) is 4.26. The molecule has 1 aromatic heterocycles. The van der Waals surface area contributed by atoms with Crippen LogP contribution < -0.4 is 11.1 Å². The fourth-order valence-corrected chi connectivity index (χ4v) is 5.66. The standard InChI is InChI=1S/C29H31BF3N5O2/c31-29(32,33)24-17-35-27(36-22-8-5-19(6-9-22)20-11-15-38(16-12-20)30-18-39)37-25(24)10-7-21-3-1-2-4-23(21)28(13-14-28)26(34)40/h1-6,8-9,17-18,20,30H,7,10-16H2,(H2,34,40)(H,35,36,37). The third-order valence-corrected chi connectivity index (χ3v) is 8.12. The van der Waals surface area contributed by atoms with Crippen molar-refractivity contribution < 1.29 is 22.8 Å². The van der Waals surface area contributed by atoms with E-state index in [1.807, 2.05) is 48.5 Å². The second-order valence-electron chi connectivity index (χ2n) is 10.6. The molecule has 2 heterocycles. The van der Waals surface area contributed by atoms with Crippen molar-refractivity contribution in [1.82, 2.24) is 14.8 Å². The summed E-state index contributed by atoms with van der Waals surface area (Å²) in [7, 11) is 0.464. The topological polar surface area (TPSA) is 101 Å². The molecule has 40 heavy (non-hydrogen) atoms. The number of nitrogens with two attached hydrogens (primary N) is 1. The van der Waals surface area contributed by atoms with Crippen LogP contribution >= 0.6 is 0 Å². The molecule has 0 spiro atoms. The number of hydrogen-bond donors (Lipinski definition) is 2. The second kappa shape index (κ2) is 11.4. The quantitative estimate of drug-likeness (QED) is 0.290. The molecule has 3 N–H and O–H groups in total. The maximum absolute atomic E-state index is 13.8. The van der Waals surface area contributed by atoms with E-state index in [0.717, 1.165) is 49.4 Å². The second-order valence-corrected chi connectivity index (χ2v) is 10.6. The Morgan fingerprint density at radius 1 is 1.10 bits per heavy atom. The van der Waals surface area contributed by atoms with Gasteiger partial charge in [0.15, 0.2) is 0 Å². The lowest BCUT2D eigenvalue weighted by molar-refractivity contribution is -0.138. The number of halogens is 3. The van der Waals surface area contributed by atoms with Gasteiger partial charge in [-0.1, -0.05) is 36.4 Å². The first-order valence-electron chi connectivity index (χ1n) is 13.5. The zero-order chi connectivity index (χ0) is 28.3. The summed E-state index contributed by atoms with van der Waals surface area (Å²) in [6.07, 6.45) is 0.697. The number of benzene rings is 2. The average Bonchev–Trinajstić information content (AvgIpc) is 3.75. The highest BCUT2D eigenvalue weighted by molar-refractivity contribution is 6.64. The number of piperidine rings is 1. The van der Waals surface area contributed by atoms with E-state index < -0.39 is 23.1 Å². The third-order valence-electron chi connectivity index (χ3n) is 8.12. The molecule has 208 valence electrons. The Hall–Kier alpha value is -3.73. The lowest BCUT2D eigenvalue weighted by Gasteiger charge is -2.30. The molecule has 2 aromatic carbocycles. The summed E-state index contributed by atoms with van der Waals surface area (Å²) in [5.74, 6) is 0.0823. The van der Waals surface area contributed by atoms with Crippen LogP contribution in [0.5, 0.6) is 0 Å². The van der Waals surface area contributed by atoms with E-state index in [4.69, 9.17) is 5.73 Å². The number of nitrogens with one attached hydrogen (secondary N) is 1. The van der Waals surface area contributed by atoms with Crippen molar-refractivity contribution >= 4 is 31.1 Å². The summed E-state index contributed by atoms with van der Waals surface area (Å²) in [6, 6.07) is 15.1. The molecule has 5 rings (SSSR count). The maximum atomic E-state index is 13.8. The molecule has 2 fully saturated rings. The van der Waals surface area contributed by atoms with E-state index in [-0.39, 0.29) is 24.5 Å². The Labute approximate surface area is 231 Å². The van der Waals surface area contributed by atoms with Crippen molar-refractivity contribution in [2.24, 2.45) is 5.73 Å². The average molecular weight is 549 g/mol. The number of carbonyl (C=O) groups is 2. The fraction of sp³-hybridized carbons (Fsp3) is 0.379. The van der Waals surface area contributed by atoms with Gasteiger partial charge in [0.1, 0.15) is 0 Å². The summed E-state index contributed by atoms with van der Waals surface area (Å²) in [6.45, 7) is 1.75. The molecule has 1 saturated carbocycles. The lowest BCUT2D eigenvalue weighted by Crippen LogP contribution is -2.36. The fourth-order valence-electron chi connectivity index (χ4n) is 5.66. The van der Waals surface area contributed by atoms with Crippen LogP contribution in [0.3, 0.4) is 0 Å². The molecule has 1 amide bonds. The van der Waals surface area contributed by atoms with Crippen LogP contribution in [0.2, 0.25) is 0 Å². The van der Waals surface area contributed by atoms with Gasteiger partial charge in [-0.3, -0.25) is 4.79 Å². The molecule has 0 radical (unpaired) electrons. The molecule has 11 heteroatoms. The number of aromatic nitrogens is 2. The van der Waals surface area contributed by atoms with Gasteiger partial charge in [-0.2, -0.15) is 13.2 Å². The monoisotopic (exact) mass is 549 g/mol. The SMILES string of the molecule is NC(=O)C1(c2ccccc2CCc2nc(Nc3ccc(C4CCN(BC=O)CC4)cc3)ncc2C(F)(F)F)CC1. The first kappa shape index (κ1) is 27.8. The van der Waals surface area contributed by atoms with E-state index in [0.29, 0.717) is 31.9 Å². The van der Waals surface area contributed by atoms with Gasteiger partial charge in [0.05, 0.1) is 22.9 Å². The highest BCUT2D eigenvalue weighted by Gasteiger charge is 2.50. The van der Waals surface area contributed by atoms with Crippen LogP contribution in [-0.2, 0) is 34.0 Å². The molecular formula is C29H31BF3N5O2. The number of aryl methyl sites for hydroxylation is 2. The van der Waals surface area contributed by atoms with E-state index in [2.05, 4.69) is 20.1 Å². The van der Waals surface area contributed by atoms with E-state index in [9.17, 15) is 22.8 Å². The van der Waals surface area contributed by atoms with E-state index >= 15 is 0 Å². The Balaban J connectivity index is 1.30. The van der Waals surface area contributed by atoms with Gasteiger partial charge in [-0.25, -0.2) is 9.97 Å². The smallest absolute Gasteiger partial charge is 0.369 e. The van der Waals surface area contributed by atoms with Gasteiger partial charge in [0.25, 0.3) is 7.41 Å². The van der Waals surface area contributed by atoms with Gasteiger partial charge in [-0.15, -0.1) is 0 Å². The Bertz CT molecular complexity index is 1370. The summed E-state index contributed by atoms with van der Waals surface area (Å²) < 4.78 is 41.5. The van der Waals surface area contributed by atoms with E-state index in [1.165, 1.54) is 5.56 Å². The van der Waals surface area contributed by atoms with Gasteiger partial charge in [0.2, 0.25) is 11.9 Å². The number of alkyl halides is 3. The number of hydrogen-bond acceptors (Lipinski definition) is 6. The van der Waals surface area contributed by atoms with Gasteiger partial charge >= 0.3 is 6.18 Å². The minimum atomic E-state index is -4.60. The van der Waals surface area contributed by atoms with Crippen molar-refractivity contribution in [3.05, 3.63) is 82.7 Å². The molecule has 7 nitrogen and oxygen atoms in total. The molecule has 0 bridgehead atoms. The van der Waals surface area contributed by atoms with Crippen LogP contribution in [0.4, 0.5) is 24.8 Å².